The maximum Gasteiger partial charge on any atom is 0.263 e. The molecule has 1 aliphatic heterocycles. The third kappa shape index (κ3) is 3.65. The highest BCUT2D eigenvalue weighted by Crippen LogP contribution is 2.41. The third-order valence-corrected chi connectivity index (χ3v) is 6.67. The molecule has 1 aliphatic rings. The molecule has 1 N–H and O–H groups in total. The summed E-state index contributed by atoms with van der Waals surface area (Å²) in [6.45, 7) is 0.301. The van der Waals surface area contributed by atoms with Gasteiger partial charge in [-0.25, -0.2) is 17.8 Å². The molecule has 0 bridgehead atoms. The molecule has 0 aliphatic carbocycles. The molecule has 28 heavy (non-hydrogen) atoms. The Labute approximate surface area is 170 Å². The van der Waals surface area contributed by atoms with Crippen LogP contribution in [0.1, 0.15) is 5.56 Å². The van der Waals surface area contributed by atoms with E-state index < -0.39 is 16.7 Å². The molecule has 0 spiro atoms. The molecule has 0 fully saturated rings. The van der Waals surface area contributed by atoms with Crippen molar-refractivity contribution < 1.29 is 17.5 Å². The maximum absolute atomic E-state index is 12.9. The lowest BCUT2D eigenvalue weighted by atomic mass is 10.1. The van der Waals surface area contributed by atoms with E-state index in [-0.39, 0.29) is 4.90 Å². The van der Waals surface area contributed by atoms with Gasteiger partial charge in [0.1, 0.15) is 19.0 Å². The molecule has 146 valence electrons. The molecule has 2 heterocycles. The van der Waals surface area contributed by atoms with E-state index in [0.29, 0.717) is 46.0 Å². The van der Waals surface area contributed by atoms with E-state index in [2.05, 4.69) is 9.71 Å². The summed E-state index contributed by atoms with van der Waals surface area (Å²) < 4.78 is 46.2. The second kappa shape index (κ2) is 7.57. The molecule has 10 heteroatoms. The van der Waals surface area contributed by atoms with Crippen molar-refractivity contribution in [2.75, 3.05) is 22.8 Å². The van der Waals surface area contributed by atoms with Gasteiger partial charge in [-0.15, -0.1) is 11.3 Å². The van der Waals surface area contributed by atoms with Crippen LogP contribution in [0.4, 0.5) is 20.9 Å². The minimum absolute atomic E-state index is 0.0715. The summed E-state index contributed by atoms with van der Waals surface area (Å²) in [5.74, 6) is 0.430. The van der Waals surface area contributed by atoms with Gasteiger partial charge in [0.25, 0.3) is 10.0 Å². The van der Waals surface area contributed by atoms with Crippen molar-refractivity contribution in [1.29, 1.82) is 0 Å². The molecule has 0 radical (unpaired) electrons. The summed E-state index contributed by atoms with van der Waals surface area (Å²) in [5, 5.41) is 2.40. The normalized spacial score (nSPS) is 13.7. The number of sulfonamides is 1. The van der Waals surface area contributed by atoms with E-state index in [0.717, 1.165) is 0 Å². The van der Waals surface area contributed by atoms with Crippen molar-refractivity contribution in [2.24, 2.45) is 0 Å². The van der Waals surface area contributed by atoms with Gasteiger partial charge in [0.05, 0.1) is 27.8 Å². The first kappa shape index (κ1) is 19.0. The Hall–Kier alpha value is -2.36. The van der Waals surface area contributed by atoms with Gasteiger partial charge in [0.2, 0.25) is 0 Å². The number of thiazole rings is 1. The number of halogens is 2. The van der Waals surface area contributed by atoms with Crippen molar-refractivity contribution >= 4 is 49.5 Å². The highest BCUT2D eigenvalue weighted by atomic mass is 35.5. The Balaban J connectivity index is 1.68. The van der Waals surface area contributed by atoms with Crippen molar-refractivity contribution in [3.8, 4) is 5.75 Å². The average Bonchev–Trinajstić information content (AvgIpc) is 3.19. The largest absolute Gasteiger partial charge is 0.489 e. The molecular formula is C18H15ClFN3O3S2. The second-order valence-corrected chi connectivity index (χ2v) is 8.98. The smallest absolute Gasteiger partial charge is 0.263 e. The standard InChI is InChI=1S/C18H15ClFN3O3S2/c19-14-9-12(11-20)1-3-15(14)23-6-7-26-17-10-13(2-4-16(17)23)28(24,25)22-18-21-5-8-27-18/h1-5,8-10H,6-7,11H2,(H,21,22). The fraction of sp³-hybridized carbons (Fsp3) is 0.167. The maximum atomic E-state index is 12.9. The van der Waals surface area contributed by atoms with E-state index in [4.69, 9.17) is 16.3 Å². The van der Waals surface area contributed by atoms with Crippen molar-refractivity contribution in [3.63, 3.8) is 0 Å². The Morgan fingerprint density at radius 3 is 2.79 bits per heavy atom. The molecule has 0 unspecified atom stereocenters. The van der Waals surface area contributed by atoms with Gasteiger partial charge >= 0.3 is 0 Å². The van der Waals surface area contributed by atoms with Crippen molar-refractivity contribution in [2.45, 2.75) is 11.6 Å². The van der Waals surface area contributed by atoms with Crippen LogP contribution in [0.25, 0.3) is 0 Å². The predicted octanol–water partition coefficient (Wildman–Crippen LogP) is 4.60. The SMILES string of the molecule is O=S(=O)(Nc1nccs1)c1ccc2c(c1)OCCN2c1ccc(CF)cc1Cl. The van der Waals surface area contributed by atoms with Gasteiger partial charge in [0.15, 0.2) is 5.13 Å². The second-order valence-electron chi connectivity index (χ2n) is 5.99. The first-order valence-electron chi connectivity index (χ1n) is 8.29. The van der Waals surface area contributed by atoms with Crippen LogP contribution in [-0.2, 0) is 16.7 Å². The average molecular weight is 440 g/mol. The minimum atomic E-state index is -3.78. The lowest BCUT2D eigenvalue weighted by molar-refractivity contribution is 0.313. The van der Waals surface area contributed by atoms with E-state index >= 15 is 0 Å². The molecule has 0 saturated heterocycles. The number of nitrogens with zero attached hydrogens (tertiary/aromatic N) is 2. The van der Waals surface area contributed by atoms with Gasteiger partial charge in [-0.05, 0) is 29.8 Å². The number of nitrogens with one attached hydrogen (secondary N) is 1. The molecule has 4 rings (SSSR count). The number of hydrogen-bond donors (Lipinski definition) is 1. The monoisotopic (exact) mass is 439 g/mol. The number of rotatable bonds is 5. The van der Waals surface area contributed by atoms with Gasteiger partial charge in [-0.2, -0.15) is 0 Å². The van der Waals surface area contributed by atoms with Crippen LogP contribution in [0.15, 0.2) is 52.9 Å². The number of fused-ring (bicyclic) bond motifs is 1. The number of anilines is 3. The fourth-order valence-electron chi connectivity index (χ4n) is 2.92. The van der Waals surface area contributed by atoms with Crippen LogP contribution in [-0.4, -0.2) is 26.6 Å². The van der Waals surface area contributed by atoms with Crippen molar-refractivity contribution in [3.05, 3.63) is 58.6 Å². The third-order valence-electron chi connectivity index (χ3n) is 4.22. The fourth-order valence-corrected chi connectivity index (χ4v) is 5.03. The van der Waals surface area contributed by atoms with Gasteiger partial charge < -0.3 is 9.64 Å². The Kier molecular flexibility index (Phi) is 5.13. The highest BCUT2D eigenvalue weighted by molar-refractivity contribution is 7.93. The Morgan fingerprint density at radius 2 is 2.07 bits per heavy atom. The zero-order valence-corrected chi connectivity index (χ0v) is 16.8. The first-order chi connectivity index (χ1) is 13.5. The summed E-state index contributed by atoms with van der Waals surface area (Å²) in [4.78, 5) is 5.93. The molecule has 0 saturated carbocycles. The number of hydrogen-bond acceptors (Lipinski definition) is 6. The van der Waals surface area contributed by atoms with Crippen LogP contribution in [0.2, 0.25) is 5.02 Å². The summed E-state index contributed by atoms with van der Waals surface area (Å²) in [7, 11) is -3.78. The van der Waals surface area contributed by atoms with E-state index in [1.165, 1.54) is 29.7 Å². The minimum Gasteiger partial charge on any atom is -0.489 e. The summed E-state index contributed by atoms with van der Waals surface area (Å²) in [6.07, 6.45) is 1.52. The molecule has 3 aromatic rings. The number of ether oxygens (including phenoxy) is 1. The molecule has 2 aromatic carbocycles. The summed E-state index contributed by atoms with van der Waals surface area (Å²) in [6, 6.07) is 9.66. The van der Waals surface area contributed by atoms with E-state index in [9.17, 15) is 12.8 Å². The quantitative estimate of drug-likeness (QED) is 0.629. The molecule has 0 amide bonds. The first-order valence-corrected chi connectivity index (χ1v) is 11.0. The van der Waals surface area contributed by atoms with E-state index in [1.807, 2.05) is 4.90 Å². The predicted molar refractivity (Wildman–Crippen MR) is 108 cm³/mol. The lowest BCUT2D eigenvalue weighted by Crippen LogP contribution is -2.29. The number of alkyl halides is 1. The molecule has 0 atom stereocenters. The van der Waals surface area contributed by atoms with Crippen LogP contribution in [0.3, 0.4) is 0 Å². The van der Waals surface area contributed by atoms with Crippen molar-refractivity contribution in [1.82, 2.24) is 4.98 Å². The van der Waals surface area contributed by atoms with Crippen LogP contribution < -0.4 is 14.4 Å². The lowest BCUT2D eigenvalue weighted by Gasteiger charge is -2.32. The van der Waals surface area contributed by atoms with E-state index in [1.54, 1.807) is 29.6 Å². The topological polar surface area (TPSA) is 71.5 Å². The number of benzene rings is 2. The zero-order chi connectivity index (χ0) is 19.7. The summed E-state index contributed by atoms with van der Waals surface area (Å²) >= 11 is 7.52. The highest BCUT2D eigenvalue weighted by Gasteiger charge is 2.25. The van der Waals surface area contributed by atoms with Gasteiger partial charge in [-0.3, -0.25) is 4.72 Å². The van der Waals surface area contributed by atoms with Crippen LogP contribution >= 0.6 is 22.9 Å². The zero-order valence-electron chi connectivity index (χ0n) is 14.4. The molecule has 6 nitrogen and oxygen atoms in total. The van der Waals surface area contributed by atoms with Crippen LogP contribution in [0, 0.1) is 0 Å². The number of aromatic nitrogens is 1. The Morgan fingerprint density at radius 1 is 1.25 bits per heavy atom. The summed E-state index contributed by atoms with van der Waals surface area (Å²) in [5.41, 5.74) is 1.89. The van der Waals surface area contributed by atoms with Gasteiger partial charge in [0, 0.05) is 17.6 Å². The van der Waals surface area contributed by atoms with Gasteiger partial charge in [-0.1, -0.05) is 17.7 Å². The van der Waals surface area contributed by atoms with Crippen LogP contribution in [0.5, 0.6) is 5.75 Å². The molecular weight excluding hydrogens is 425 g/mol. The molecule has 1 aromatic heterocycles. The Bertz CT molecular complexity index is 1110.